The van der Waals surface area contributed by atoms with Gasteiger partial charge in [-0.1, -0.05) is 0 Å². The van der Waals surface area contributed by atoms with Gasteiger partial charge in [-0.3, -0.25) is 0 Å². The highest BCUT2D eigenvalue weighted by Crippen LogP contribution is 2.20. The molecule has 1 saturated heterocycles. The maximum absolute atomic E-state index is 10.2. The summed E-state index contributed by atoms with van der Waals surface area (Å²) in [5.41, 5.74) is 0. The van der Waals surface area contributed by atoms with Crippen LogP contribution >= 0.6 is 0 Å². The zero-order valence-electron chi connectivity index (χ0n) is 5.80. The van der Waals surface area contributed by atoms with Gasteiger partial charge in [0.05, 0.1) is 6.10 Å². The van der Waals surface area contributed by atoms with Crippen LogP contribution in [0.5, 0.6) is 0 Å². The lowest BCUT2D eigenvalue weighted by atomic mass is 10.1. The molecule has 5 nitrogen and oxygen atoms in total. The summed E-state index contributed by atoms with van der Waals surface area (Å²) in [6.07, 6.45) is -2.44. The lowest BCUT2D eigenvalue weighted by Crippen LogP contribution is -2.33. The van der Waals surface area contributed by atoms with Gasteiger partial charge < -0.3 is 20.1 Å². The van der Waals surface area contributed by atoms with Crippen LogP contribution in [0.15, 0.2) is 0 Å². The topological polar surface area (TPSA) is 87.0 Å². The third kappa shape index (κ3) is 1.89. The number of aliphatic hydroxyl groups excluding tert-OH is 2. The smallest absolute Gasteiger partial charge is 0.335 e. The molecular weight excluding hydrogens is 152 g/mol. The number of aliphatic hydroxyl groups is 2. The van der Waals surface area contributed by atoms with E-state index in [2.05, 4.69) is 0 Å². The minimum Gasteiger partial charge on any atom is -0.479 e. The average Bonchev–Trinajstić information content (AvgIpc) is 2.34. The van der Waals surface area contributed by atoms with Crippen LogP contribution in [0.2, 0.25) is 0 Å². The third-order valence-corrected chi connectivity index (χ3v) is 1.64. The van der Waals surface area contributed by atoms with Crippen molar-refractivity contribution in [2.45, 2.75) is 31.3 Å². The van der Waals surface area contributed by atoms with Crippen molar-refractivity contribution in [3.8, 4) is 0 Å². The number of carbonyl (C=O) groups is 1. The van der Waals surface area contributed by atoms with Crippen LogP contribution in [0.25, 0.3) is 0 Å². The van der Waals surface area contributed by atoms with E-state index in [-0.39, 0.29) is 0 Å². The molecule has 0 bridgehead atoms. The number of hydrogen-bond acceptors (Lipinski definition) is 4. The highest BCUT2D eigenvalue weighted by molar-refractivity contribution is 5.72. The summed E-state index contributed by atoms with van der Waals surface area (Å²) in [7, 11) is 0. The molecule has 0 amide bonds. The first-order valence-corrected chi connectivity index (χ1v) is 3.35. The number of hydrogen-bond donors (Lipinski definition) is 3. The Kier molecular flexibility index (Phi) is 2.43. The van der Waals surface area contributed by atoms with Gasteiger partial charge in [-0.2, -0.15) is 0 Å². The summed E-state index contributed by atoms with van der Waals surface area (Å²) >= 11 is 0. The van der Waals surface area contributed by atoms with E-state index in [9.17, 15) is 4.79 Å². The van der Waals surface area contributed by atoms with E-state index >= 15 is 0 Å². The van der Waals surface area contributed by atoms with E-state index < -0.39 is 24.5 Å². The van der Waals surface area contributed by atoms with Crippen LogP contribution in [0.4, 0.5) is 0 Å². The van der Waals surface area contributed by atoms with Crippen LogP contribution in [0.1, 0.15) is 12.8 Å². The van der Waals surface area contributed by atoms with Crippen LogP contribution in [-0.2, 0) is 9.53 Å². The highest BCUT2D eigenvalue weighted by Gasteiger charge is 2.33. The normalized spacial score (nSPS) is 33.6. The first kappa shape index (κ1) is 8.45. The van der Waals surface area contributed by atoms with Crippen molar-refractivity contribution in [1.29, 1.82) is 0 Å². The fourth-order valence-corrected chi connectivity index (χ4v) is 1.04. The summed E-state index contributed by atoms with van der Waals surface area (Å²) in [5.74, 6) is -1.32. The summed E-state index contributed by atoms with van der Waals surface area (Å²) in [6, 6.07) is 0. The predicted molar refractivity (Wildman–Crippen MR) is 33.8 cm³/mol. The standard InChI is InChI=1S/C6H10O5/c7-4-2-1-3(11-4)5(8)6(9)10/h3-5,7-8H,1-2H2,(H,9,10). The molecule has 0 aromatic carbocycles. The average molecular weight is 162 g/mol. The molecule has 1 fully saturated rings. The van der Waals surface area contributed by atoms with Crippen molar-refractivity contribution in [1.82, 2.24) is 0 Å². The summed E-state index contributed by atoms with van der Waals surface area (Å²) < 4.78 is 4.71. The van der Waals surface area contributed by atoms with E-state index in [0.717, 1.165) is 0 Å². The van der Waals surface area contributed by atoms with E-state index in [1.54, 1.807) is 0 Å². The van der Waals surface area contributed by atoms with Gasteiger partial charge in [0.1, 0.15) is 0 Å². The highest BCUT2D eigenvalue weighted by atomic mass is 16.6. The summed E-state index contributed by atoms with van der Waals surface area (Å²) in [4.78, 5) is 10.2. The Bertz CT molecular complexity index is 157. The first-order valence-electron chi connectivity index (χ1n) is 3.35. The third-order valence-electron chi connectivity index (χ3n) is 1.64. The van der Waals surface area contributed by atoms with Crippen LogP contribution < -0.4 is 0 Å². The van der Waals surface area contributed by atoms with Gasteiger partial charge in [0.25, 0.3) is 0 Å². The van der Waals surface area contributed by atoms with Crippen LogP contribution in [0, 0.1) is 0 Å². The van der Waals surface area contributed by atoms with Gasteiger partial charge in [0.2, 0.25) is 0 Å². The molecule has 1 aliphatic rings. The second kappa shape index (κ2) is 3.17. The summed E-state index contributed by atoms with van der Waals surface area (Å²) in [6.45, 7) is 0. The Balaban J connectivity index is 2.43. The molecule has 0 aromatic rings. The molecule has 1 aliphatic heterocycles. The molecule has 3 N–H and O–H groups in total. The molecule has 0 aromatic heterocycles. The molecule has 0 aliphatic carbocycles. The number of rotatable bonds is 2. The molecular formula is C6H10O5. The van der Waals surface area contributed by atoms with Crippen molar-refractivity contribution in [2.24, 2.45) is 0 Å². The molecule has 0 spiro atoms. The predicted octanol–water partition coefficient (Wildman–Crippen LogP) is -1.07. The summed E-state index contributed by atoms with van der Waals surface area (Å²) in [5, 5.41) is 26.0. The molecule has 1 heterocycles. The number of carboxylic acids is 1. The Morgan fingerprint density at radius 3 is 2.55 bits per heavy atom. The maximum atomic E-state index is 10.2. The lowest BCUT2D eigenvalue weighted by molar-refractivity contribution is -0.163. The van der Waals surface area contributed by atoms with Gasteiger partial charge in [-0.25, -0.2) is 4.79 Å². The molecule has 11 heavy (non-hydrogen) atoms. The monoisotopic (exact) mass is 162 g/mol. The van der Waals surface area contributed by atoms with Crippen molar-refractivity contribution in [2.75, 3.05) is 0 Å². The molecule has 5 heteroatoms. The van der Waals surface area contributed by atoms with Crippen molar-refractivity contribution >= 4 is 5.97 Å². The zero-order chi connectivity index (χ0) is 8.43. The Morgan fingerprint density at radius 2 is 2.18 bits per heavy atom. The molecule has 0 radical (unpaired) electrons. The zero-order valence-corrected chi connectivity index (χ0v) is 5.80. The molecule has 64 valence electrons. The Hall–Kier alpha value is -0.650. The van der Waals surface area contributed by atoms with Gasteiger partial charge >= 0.3 is 5.97 Å². The SMILES string of the molecule is O=C(O)C(O)C1CCC(O)O1. The quantitative estimate of drug-likeness (QED) is 0.481. The fourth-order valence-electron chi connectivity index (χ4n) is 1.04. The maximum Gasteiger partial charge on any atom is 0.335 e. The number of carboxylic acid groups (broad SMARTS) is 1. The van der Waals surface area contributed by atoms with Crippen molar-refractivity contribution in [3.05, 3.63) is 0 Å². The van der Waals surface area contributed by atoms with E-state index in [4.69, 9.17) is 20.1 Å². The van der Waals surface area contributed by atoms with Crippen LogP contribution in [0.3, 0.4) is 0 Å². The largest absolute Gasteiger partial charge is 0.479 e. The number of aliphatic carboxylic acids is 1. The van der Waals surface area contributed by atoms with Gasteiger partial charge in [-0.05, 0) is 6.42 Å². The van der Waals surface area contributed by atoms with E-state index in [1.165, 1.54) is 0 Å². The van der Waals surface area contributed by atoms with Gasteiger partial charge in [0, 0.05) is 6.42 Å². The minimum absolute atomic E-state index is 0.384. The fraction of sp³-hybridized carbons (Fsp3) is 0.833. The van der Waals surface area contributed by atoms with Gasteiger partial charge in [0.15, 0.2) is 12.4 Å². The number of ether oxygens (including phenoxy) is 1. The lowest BCUT2D eigenvalue weighted by Gasteiger charge is -2.12. The van der Waals surface area contributed by atoms with E-state index in [1.807, 2.05) is 0 Å². The first-order chi connectivity index (χ1) is 5.11. The second-order valence-electron chi connectivity index (χ2n) is 2.49. The molecule has 0 saturated carbocycles. The van der Waals surface area contributed by atoms with Crippen LogP contribution in [-0.4, -0.2) is 39.8 Å². The van der Waals surface area contributed by atoms with Gasteiger partial charge in [-0.15, -0.1) is 0 Å². The second-order valence-corrected chi connectivity index (χ2v) is 2.49. The van der Waals surface area contributed by atoms with E-state index in [0.29, 0.717) is 12.8 Å². The molecule has 3 unspecified atom stereocenters. The Labute approximate surface area is 63.2 Å². The van der Waals surface area contributed by atoms with Crippen molar-refractivity contribution in [3.63, 3.8) is 0 Å². The molecule has 1 rings (SSSR count). The molecule has 3 atom stereocenters. The van der Waals surface area contributed by atoms with Crippen molar-refractivity contribution < 1.29 is 24.9 Å². The Morgan fingerprint density at radius 1 is 1.55 bits per heavy atom. The minimum atomic E-state index is -1.52.